The van der Waals surface area contributed by atoms with Crippen LogP contribution >= 0.6 is 31.9 Å². The number of Topliss-reactive ketones (excluding diaryl/α,β-unsaturated/α-hetero) is 1. The summed E-state index contributed by atoms with van der Waals surface area (Å²) in [5.74, 6) is -2.75. The summed E-state index contributed by atoms with van der Waals surface area (Å²) in [6.07, 6.45) is 0. The van der Waals surface area contributed by atoms with Gasteiger partial charge in [-0.2, -0.15) is 4.39 Å². The summed E-state index contributed by atoms with van der Waals surface area (Å²) in [5.41, 5.74) is -0.630. The Morgan fingerprint density at radius 2 is 1.92 bits per heavy atom. The highest BCUT2D eigenvalue weighted by atomic mass is 79.9. The van der Waals surface area contributed by atoms with Crippen LogP contribution in [0.25, 0.3) is 0 Å². The summed E-state index contributed by atoms with van der Waals surface area (Å²) < 4.78 is 26.1. The predicted octanol–water partition coefficient (Wildman–Crippen LogP) is 3.09. The second kappa shape index (κ2) is 3.79. The zero-order valence-electron chi connectivity index (χ0n) is 6.37. The summed E-state index contributed by atoms with van der Waals surface area (Å²) in [7, 11) is 0. The normalized spacial score (nSPS) is 10.2. The maximum absolute atomic E-state index is 13.2. The minimum atomic E-state index is -1.11. The molecule has 1 rings (SSSR count). The van der Waals surface area contributed by atoms with E-state index >= 15 is 0 Å². The Bertz CT molecular complexity index is 381. The van der Waals surface area contributed by atoms with Crippen molar-refractivity contribution < 1.29 is 13.6 Å². The molecule has 0 N–H and O–H groups in total. The maximum atomic E-state index is 13.2. The Balaban J connectivity index is 3.53. The van der Waals surface area contributed by atoms with E-state index in [-0.39, 0.29) is 9.08 Å². The van der Waals surface area contributed by atoms with E-state index in [4.69, 9.17) is 0 Å². The highest BCUT2D eigenvalue weighted by molar-refractivity contribution is 9.13. The molecule has 0 aliphatic rings. The van der Waals surface area contributed by atoms with Crippen LogP contribution in [0.4, 0.5) is 8.78 Å². The van der Waals surface area contributed by atoms with E-state index < -0.39 is 23.1 Å². The largest absolute Gasteiger partial charge is 0.294 e. The first kappa shape index (κ1) is 10.7. The third-order valence-electron chi connectivity index (χ3n) is 1.35. The number of aromatic nitrogens is 1. The highest BCUT2D eigenvalue weighted by Gasteiger charge is 2.20. The molecule has 0 unspecified atom stereocenters. The molecule has 0 radical (unpaired) electrons. The number of carbonyl (C=O) groups excluding carboxylic acids is 1. The summed E-state index contributed by atoms with van der Waals surface area (Å²) in [5, 5.41) is 0. The van der Waals surface area contributed by atoms with Crippen LogP contribution in [0.3, 0.4) is 0 Å². The fraction of sp³-hybridized carbons (Fsp3) is 0.143. The molecule has 70 valence electrons. The highest BCUT2D eigenvalue weighted by Crippen LogP contribution is 2.27. The topological polar surface area (TPSA) is 30.0 Å². The van der Waals surface area contributed by atoms with Crippen LogP contribution < -0.4 is 0 Å². The van der Waals surface area contributed by atoms with Crippen molar-refractivity contribution in [3.63, 3.8) is 0 Å². The molecule has 13 heavy (non-hydrogen) atoms. The van der Waals surface area contributed by atoms with Crippen LogP contribution in [0.15, 0.2) is 9.08 Å². The van der Waals surface area contributed by atoms with Crippen LogP contribution in [-0.4, -0.2) is 10.8 Å². The van der Waals surface area contributed by atoms with E-state index in [9.17, 15) is 13.6 Å². The van der Waals surface area contributed by atoms with Gasteiger partial charge >= 0.3 is 0 Å². The predicted molar refractivity (Wildman–Crippen MR) is 49.6 cm³/mol. The van der Waals surface area contributed by atoms with E-state index in [0.717, 1.165) is 6.92 Å². The molecule has 0 aromatic carbocycles. The van der Waals surface area contributed by atoms with Crippen molar-refractivity contribution in [2.45, 2.75) is 6.92 Å². The molecule has 0 amide bonds. The van der Waals surface area contributed by atoms with Crippen molar-refractivity contribution in [3.05, 3.63) is 26.4 Å². The van der Waals surface area contributed by atoms with E-state index in [1.54, 1.807) is 0 Å². The van der Waals surface area contributed by atoms with Gasteiger partial charge in [-0.3, -0.25) is 4.79 Å². The molecule has 6 heteroatoms. The average molecular weight is 315 g/mol. The smallest absolute Gasteiger partial charge is 0.227 e. The van der Waals surface area contributed by atoms with Gasteiger partial charge in [-0.1, -0.05) is 0 Å². The van der Waals surface area contributed by atoms with Crippen molar-refractivity contribution in [1.29, 1.82) is 0 Å². The second-order valence-electron chi connectivity index (χ2n) is 2.25. The summed E-state index contributed by atoms with van der Waals surface area (Å²) in [6.45, 7) is 1.07. The number of hydrogen-bond acceptors (Lipinski definition) is 2. The van der Waals surface area contributed by atoms with Gasteiger partial charge in [0.25, 0.3) is 0 Å². The molecule has 1 aromatic rings. The monoisotopic (exact) mass is 313 g/mol. The first-order valence-electron chi connectivity index (χ1n) is 3.16. The molecule has 0 atom stereocenters. The van der Waals surface area contributed by atoms with Crippen LogP contribution in [-0.2, 0) is 0 Å². The molecule has 0 fully saturated rings. The fourth-order valence-electron chi connectivity index (χ4n) is 0.782. The number of rotatable bonds is 1. The molecule has 0 spiro atoms. The fourth-order valence-corrected chi connectivity index (χ4v) is 1.40. The van der Waals surface area contributed by atoms with Gasteiger partial charge in [0.2, 0.25) is 5.95 Å². The second-order valence-corrected chi connectivity index (χ2v) is 3.80. The number of hydrogen-bond donors (Lipinski definition) is 0. The van der Waals surface area contributed by atoms with E-state index in [2.05, 4.69) is 36.8 Å². The Morgan fingerprint density at radius 1 is 1.38 bits per heavy atom. The maximum Gasteiger partial charge on any atom is 0.227 e. The van der Waals surface area contributed by atoms with Gasteiger partial charge in [-0.25, -0.2) is 9.37 Å². The lowest BCUT2D eigenvalue weighted by molar-refractivity contribution is 0.100. The van der Waals surface area contributed by atoms with E-state index in [1.165, 1.54) is 0 Å². The van der Waals surface area contributed by atoms with Crippen molar-refractivity contribution in [3.8, 4) is 0 Å². The summed E-state index contributed by atoms with van der Waals surface area (Å²) >= 11 is 5.66. The van der Waals surface area contributed by atoms with E-state index in [1.807, 2.05) is 0 Å². The summed E-state index contributed by atoms with van der Waals surface area (Å²) in [4.78, 5) is 14.1. The Labute approximate surface area is 89.6 Å². The number of halogens is 4. The number of pyridine rings is 1. The number of ketones is 1. The Morgan fingerprint density at radius 3 is 2.38 bits per heavy atom. The number of carbonyl (C=O) groups is 1. The third-order valence-corrected chi connectivity index (χ3v) is 3.18. The quantitative estimate of drug-likeness (QED) is 0.589. The molecule has 0 saturated carbocycles. The van der Waals surface area contributed by atoms with Gasteiger partial charge in [0.05, 0.1) is 4.47 Å². The minimum absolute atomic E-state index is 0.00694. The Kier molecular flexibility index (Phi) is 3.13. The van der Waals surface area contributed by atoms with Crippen LogP contribution in [0.2, 0.25) is 0 Å². The molecule has 0 aliphatic carbocycles. The van der Waals surface area contributed by atoms with Crippen LogP contribution in [0.5, 0.6) is 0 Å². The van der Waals surface area contributed by atoms with Gasteiger partial charge < -0.3 is 0 Å². The van der Waals surface area contributed by atoms with E-state index in [0.29, 0.717) is 0 Å². The number of nitrogens with zero attached hydrogens (tertiary/aromatic N) is 1. The summed E-state index contributed by atoms with van der Waals surface area (Å²) in [6, 6.07) is 0. The lowest BCUT2D eigenvalue weighted by Gasteiger charge is -2.03. The standard InChI is InChI=1S/C7H3Br2F2NO/c1-2(13)3-5(10)4(8)6(9)12-7(3)11/h1H3. The van der Waals surface area contributed by atoms with Crippen molar-refractivity contribution >= 4 is 37.6 Å². The molecular formula is C7H3Br2F2NO. The van der Waals surface area contributed by atoms with Crippen molar-refractivity contribution in [2.75, 3.05) is 0 Å². The lowest BCUT2D eigenvalue weighted by atomic mass is 10.2. The molecule has 0 saturated heterocycles. The van der Waals surface area contributed by atoms with Crippen molar-refractivity contribution in [2.24, 2.45) is 0 Å². The third kappa shape index (κ3) is 1.94. The molecule has 0 bridgehead atoms. The van der Waals surface area contributed by atoms with Crippen molar-refractivity contribution in [1.82, 2.24) is 4.98 Å². The molecule has 1 aromatic heterocycles. The lowest BCUT2D eigenvalue weighted by Crippen LogP contribution is -2.05. The first-order valence-corrected chi connectivity index (χ1v) is 4.74. The van der Waals surface area contributed by atoms with Gasteiger partial charge in [-0.05, 0) is 38.8 Å². The molecule has 0 aliphatic heterocycles. The van der Waals surface area contributed by atoms with Crippen LogP contribution in [0, 0.1) is 11.8 Å². The zero-order valence-corrected chi connectivity index (χ0v) is 9.54. The van der Waals surface area contributed by atoms with Gasteiger partial charge in [-0.15, -0.1) is 0 Å². The molecule has 1 heterocycles. The molecule has 2 nitrogen and oxygen atoms in total. The van der Waals surface area contributed by atoms with Gasteiger partial charge in [0.15, 0.2) is 11.6 Å². The van der Waals surface area contributed by atoms with Gasteiger partial charge in [0, 0.05) is 0 Å². The first-order chi connectivity index (χ1) is 5.95. The van der Waals surface area contributed by atoms with Crippen LogP contribution in [0.1, 0.15) is 17.3 Å². The zero-order chi connectivity index (χ0) is 10.2. The molecular weight excluding hydrogens is 312 g/mol. The minimum Gasteiger partial charge on any atom is -0.294 e. The average Bonchev–Trinajstić information content (AvgIpc) is 1.99. The van der Waals surface area contributed by atoms with Gasteiger partial charge in [0.1, 0.15) is 10.2 Å². The Hall–Kier alpha value is -0.360. The SMILES string of the molecule is CC(=O)c1c(F)nc(Br)c(Br)c1F.